The van der Waals surface area contributed by atoms with Crippen molar-refractivity contribution in [3.63, 3.8) is 0 Å². The molecule has 113 valence electrons. The second-order valence-corrected chi connectivity index (χ2v) is 5.62. The minimum Gasteiger partial charge on any atom is -0.393 e. The van der Waals surface area contributed by atoms with Gasteiger partial charge in [0.15, 0.2) is 0 Å². The van der Waals surface area contributed by atoms with Crippen LogP contribution in [0.2, 0.25) is 0 Å². The van der Waals surface area contributed by atoms with Gasteiger partial charge in [-0.1, -0.05) is 83.8 Å². The molecule has 0 aromatic rings. The highest BCUT2D eigenvalue weighted by molar-refractivity contribution is 4.83. The molecule has 1 nitrogen and oxygen atoms in total. The maximum Gasteiger partial charge on any atom is 0.0574 e. The van der Waals surface area contributed by atoms with Crippen molar-refractivity contribution in [2.24, 2.45) is 0 Å². The van der Waals surface area contributed by atoms with E-state index < -0.39 is 0 Å². The van der Waals surface area contributed by atoms with E-state index in [0.717, 1.165) is 19.3 Å². The molecule has 0 amide bonds. The van der Waals surface area contributed by atoms with E-state index in [1.807, 2.05) is 0 Å². The predicted molar refractivity (Wildman–Crippen MR) is 86.2 cm³/mol. The molecule has 0 spiro atoms. The topological polar surface area (TPSA) is 20.2 Å². The van der Waals surface area contributed by atoms with Crippen LogP contribution >= 0.6 is 0 Å². The van der Waals surface area contributed by atoms with Crippen molar-refractivity contribution >= 4 is 0 Å². The summed E-state index contributed by atoms with van der Waals surface area (Å²) in [6, 6.07) is 0. The summed E-state index contributed by atoms with van der Waals surface area (Å²) in [6.45, 7) is 6.09. The van der Waals surface area contributed by atoms with Crippen molar-refractivity contribution in [1.82, 2.24) is 0 Å². The average molecular weight is 267 g/mol. The van der Waals surface area contributed by atoms with Crippen LogP contribution in [0.5, 0.6) is 0 Å². The van der Waals surface area contributed by atoms with Gasteiger partial charge >= 0.3 is 0 Å². The number of aliphatic hydroxyl groups is 1. The van der Waals surface area contributed by atoms with E-state index in [4.69, 9.17) is 0 Å². The second kappa shape index (κ2) is 15.8. The molecular formula is C18H35O. The van der Waals surface area contributed by atoms with Crippen LogP contribution in [0.4, 0.5) is 0 Å². The van der Waals surface area contributed by atoms with Crippen LogP contribution < -0.4 is 0 Å². The van der Waals surface area contributed by atoms with Crippen molar-refractivity contribution in [3.8, 4) is 0 Å². The summed E-state index contributed by atoms with van der Waals surface area (Å²) >= 11 is 0. The fourth-order valence-corrected chi connectivity index (χ4v) is 2.27. The zero-order chi connectivity index (χ0) is 14.2. The Balaban J connectivity index is 3.24. The molecule has 19 heavy (non-hydrogen) atoms. The minimum atomic E-state index is -0.121. The Morgan fingerprint density at radius 1 is 0.895 bits per heavy atom. The molecule has 0 aromatic carbocycles. The Hall–Kier alpha value is -0.300. The summed E-state index contributed by atoms with van der Waals surface area (Å²) < 4.78 is 0. The number of hydrogen-bond acceptors (Lipinski definition) is 1. The Morgan fingerprint density at radius 2 is 1.58 bits per heavy atom. The van der Waals surface area contributed by atoms with Crippen molar-refractivity contribution in [2.75, 3.05) is 0 Å². The molecule has 0 heterocycles. The van der Waals surface area contributed by atoms with E-state index in [0.29, 0.717) is 0 Å². The lowest BCUT2D eigenvalue weighted by Gasteiger charge is -2.07. The molecule has 1 unspecified atom stereocenters. The first-order chi connectivity index (χ1) is 9.31. The third-order valence-electron chi connectivity index (χ3n) is 3.59. The van der Waals surface area contributed by atoms with Gasteiger partial charge in [0.25, 0.3) is 0 Å². The van der Waals surface area contributed by atoms with E-state index in [9.17, 15) is 5.11 Å². The minimum absolute atomic E-state index is 0.121. The van der Waals surface area contributed by atoms with Crippen LogP contribution in [0.15, 0.2) is 12.2 Å². The fourth-order valence-electron chi connectivity index (χ4n) is 2.27. The molecule has 0 saturated heterocycles. The summed E-state index contributed by atoms with van der Waals surface area (Å²) in [5, 5.41) is 9.82. The predicted octanol–water partition coefficient (Wildman–Crippen LogP) is 5.83. The summed E-state index contributed by atoms with van der Waals surface area (Å²) in [4.78, 5) is 0. The van der Waals surface area contributed by atoms with Gasteiger partial charge in [-0.3, -0.25) is 0 Å². The molecule has 1 atom stereocenters. The van der Waals surface area contributed by atoms with Crippen LogP contribution in [-0.2, 0) is 0 Å². The van der Waals surface area contributed by atoms with Crippen molar-refractivity contribution in [1.29, 1.82) is 0 Å². The van der Waals surface area contributed by atoms with E-state index >= 15 is 0 Å². The Morgan fingerprint density at radius 3 is 2.32 bits per heavy atom. The lowest BCUT2D eigenvalue weighted by molar-refractivity contribution is 0.163. The van der Waals surface area contributed by atoms with Crippen LogP contribution in [-0.4, -0.2) is 11.2 Å². The van der Waals surface area contributed by atoms with E-state index in [2.05, 4.69) is 26.0 Å². The average Bonchev–Trinajstić information content (AvgIpc) is 2.41. The largest absolute Gasteiger partial charge is 0.393 e. The third-order valence-corrected chi connectivity index (χ3v) is 3.59. The van der Waals surface area contributed by atoms with E-state index in [1.54, 1.807) is 0 Å². The maximum atomic E-state index is 9.82. The molecule has 1 heteroatoms. The number of hydrogen-bond donors (Lipinski definition) is 1. The highest BCUT2D eigenvalue weighted by Crippen LogP contribution is 2.10. The lowest BCUT2D eigenvalue weighted by Crippen LogP contribution is -2.04. The quantitative estimate of drug-likeness (QED) is 0.310. The van der Waals surface area contributed by atoms with Crippen LogP contribution in [0, 0.1) is 6.92 Å². The van der Waals surface area contributed by atoms with Crippen LogP contribution in [0.25, 0.3) is 0 Å². The standard InChI is InChI=1S/C18H35O/c1-3-5-7-9-10-11-13-15-17-18(19)16-14-12-8-6-4-2/h13,15,18-19H,1,3-12,14,16-17H2,2H3/b15-13-. The van der Waals surface area contributed by atoms with E-state index in [1.165, 1.54) is 64.2 Å². The van der Waals surface area contributed by atoms with Gasteiger partial charge in [-0.15, -0.1) is 0 Å². The first kappa shape index (κ1) is 18.7. The Labute approximate surface area is 121 Å². The van der Waals surface area contributed by atoms with Crippen molar-refractivity contribution < 1.29 is 5.11 Å². The lowest BCUT2D eigenvalue weighted by atomic mass is 10.1. The van der Waals surface area contributed by atoms with Gasteiger partial charge in [-0.05, 0) is 25.7 Å². The zero-order valence-electron chi connectivity index (χ0n) is 13.1. The summed E-state index contributed by atoms with van der Waals surface area (Å²) in [6.07, 6.45) is 19.9. The Kier molecular flexibility index (Phi) is 15.5. The van der Waals surface area contributed by atoms with Gasteiger partial charge in [-0.25, -0.2) is 0 Å². The van der Waals surface area contributed by atoms with E-state index in [-0.39, 0.29) is 6.10 Å². The number of allylic oxidation sites excluding steroid dienone is 1. The van der Waals surface area contributed by atoms with Gasteiger partial charge in [0.1, 0.15) is 0 Å². The summed E-state index contributed by atoms with van der Waals surface area (Å²) in [5.41, 5.74) is 0. The smallest absolute Gasteiger partial charge is 0.0574 e. The fraction of sp³-hybridized carbons (Fsp3) is 0.833. The first-order valence-electron chi connectivity index (χ1n) is 8.43. The highest BCUT2D eigenvalue weighted by atomic mass is 16.3. The van der Waals surface area contributed by atoms with Gasteiger partial charge < -0.3 is 5.11 Å². The monoisotopic (exact) mass is 267 g/mol. The molecular weight excluding hydrogens is 232 g/mol. The number of aliphatic hydroxyl groups excluding tert-OH is 1. The zero-order valence-corrected chi connectivity index (χ0v) is 13.1. The SMILES string of the molecule is [CH2]CCCCCC/C=C\CC(O)CCCCCCC. The third kappa shape index (κ3) is 15.6. The summed E-state index contributed by atoms with van der Waals surface area (Å²) in [7, 11) is 0. The first-order valence-corrected chi connectivity index (χ1v) is 8.43. The van der Waals surface area contributed by atoms with Crippen molar-refractivity contribution in [3.05, 3.63) is 19.1 Å². The molecule has 0 aliphatic rings. The van der Waals surface area contributed by atoms with Gasteiger partial charge in [0, 0.05) is 0 Å². The normalized spacial score (nSPS) is 13.2. The summed E-state index contributed by atoms with van der Waals surface area (Å²) in [5.74, 6) is 0. The highest BCUT2D eigenvalue weighted by Gasteiger charge is 2.00. The van der Waals surface area contributed by atoms with Crippen LogP contribution in [0.3, 0.4) is 0 Å². The van der Waals surface area contributed by atoms with Crippen LogP contribution in [0.1, 0.15) is 90.4 Å². The molecule has 0 saturated carbocycles. The number of unbranched alkanes of at least 4 members (excludes halogenated alkanes) is 9. The molecule has 1 N–H and O–H groups in total. The Bertz CT molecular complexity index is 186. The maximum absolute atomic E-state index is 9.82. The molecule has 1 radical (unpaired) electrons. The molecule has 0 aliphatic carbocycles. The molecule has 0 aromatic heterocycles. The van der Waals surface area contributed by atoms with Crippen molar-refractivity contribution in [2.45, 2.75) is 96.5 Å². The molecule has 0 fully saturated rings. The molecule has 0 rings (SSSR count). The van der Waals surface area contributed by atoms with Gasteiger partial charge in [-0.2, -0.15) is 0 Å². The second-order valence-electron chi connectivity index (χ2n) is 5.62. The van der Waals surface area contributed by atoms with Gasteiger partial charge in [0.05, 0.1) is 6.10 Å². The van der Waals surface area contributed by atoms with Gasteiger partial charge in [0.2, 0.25) is 0 Å². The molecule has 0 aliphatic heterocycles. The number of rotatable bonds is 14. The molecule has 0 bridgehead atoms.